The van der Waals surface area contributed by atoms with Crippen LogP contribution in [0.25, 0.3) is 0 Å². The molecule has 2 nitrogen and oxygen atoms in total. The molecular weight excluding hydrogens is 224 g/mol. The summed E-state index contributed by atoms with van der Waals surface area (Å²) < 4.78 is 0. The lowest BCUT2D eigenvalue weighted by molar-refractivity contribution is -0.126. The fourth-order valence-electron chi connectivity index (χ4n) is 1.92. The second-order valence-corrected chi connectivity index (χ2v) is 5.95. The van der Waals surface area contributed by atoms with E-state index in [9.17, 15) is 9.90 Å². The Hall–Kier alpha value is -1.15. The van der Waals surface area contributed by atoms with Crippen molar-refractivity contribution in [2.24, 2.45) is 11.3 Å². The number of hydrogen-bond donors (Lipinski definition) is 1. The fourth-order valence-corrected chi connectivity index (χ4v) is 1.92. The number of Topliss-reactive ketones (excluding diaryl/α,β-unsaturated/α-hetero) is 1. The van der Waals surface area contributed by atoms with E-state index < -0.39 is 0 Å². The van der Waals surface area contributed by atoms with Crippen LogP contribution in [0.15, 0.2) is 30.3 Å². The zero-order valence-electron chi connectivity index (χ0n) is 11.6. The molecular formula is C16H24O2. The first-order valence-corrected chi connectivity index (χ1v) is 6.61. The Morgan fingerprint density at radius 2 is 1.83 bits per heavy atom. The van der Waals surface area contributed by atoms with Crippen LogP contribution in [0.5, 0.6) is 0 Å². The molecule has 2 heteroatoms. The number of ketones is 1. The summed E-state index contributed by atoms with van der Waals surface area (Å²) >= 11 is 0. The van der Waals surface area contributed by atoms with Crippen molar-refractivity contribution in [1.82, 2.24) is 0 Å². The van der Waals surface area contributed by atoms with Crippen LogP contribution in [0.1, 0.15) is 39.2 Å². The van der Waals surface area contributed by atoms with E-state index in [1.807, 2.05) is 39.0 Å². The SMILES string of the molecule is CC(C)(C)C(=O)CCC(CO)Cc1ccccc1. The quantitative estimate of drug-likeness (QED) is 0.839. The molecule has 1 rings (SSSR count). The third kappa shape index (κ3) is 5.01. The van der Waals surface area contributed by atoms with Gasteiger partial charge in [-0.3, -0.25) is 4.79 Å². The van der Waals surface area contributed by atoms with Gasteiger partial charge in [-0.25, -0.2) is 0 Å². The minimum absolute atomic E-state index is 0.145. The number of aliphatic hydroxyl groups is 1. The average molecular weight is 248 g/mol. The molecule has 0 saturated heterocycles. The Morgan fingerprint density at radius 1 is 1.22 bits per heavy atom. The Balaban J connectivity index is 2.46. The van der Waals surface area contributed by atoms with Gasteiger partial charge in [-0.05, 0) is 24.3 Å². The zero-order chi connectivity index (χ0) is 13.6. The van der Waals surface area contributed by atoms with Gasteiger partial charge in [0.2, 0.25) is 0 Å². The van der Waals surface area contributed by atoms with E-state index in [2.05, 4.69) is 12.1 Å². The van der Waals surface area contributed by atoms with Gasteiger partial charge in [-0.1, -0.05) is 51.1 Å². The average Bonchev–Trinajstić information content (AvgIpc) is 2.34. The molecule has 18 heavy (non-hydrogen) atoms. The summed E-state index contributed by atoms with van der Waals surface area (Å²) in [5.41, 5.74) is 0.951. The number of hydrogen-bond acceptors (Lipinski definition) is 2. The summed E-state index contributed by atoms with van der Waals surface area (Å²) in [4.78, 5) is 11.9. The van der Waals surface area contributed by atoms with Crippen LogP contribution in [0.2, 0.25) is 0 Å². The van der Waals surface area contributed by atoms with Gasteiger partial charge < -0.3 is 5.11 Å². The van der Waals surface area contributed by atoms with E-state index >= 15 is 0 Å². The Bertz CT molecular complexity index is 362. The number of rotatable bonds is 6. The Kier molecular flexibility index (Phi) is 5.54. The third-order valence-corrected chi connectivity index (χ3v) is 3.24. The highest BCUT2D eigenvalue weighted by Crippen LogP contribution is 2.21. The van der Waals surface area contributed by atoms with Crippen molar-refractivity contribution in [3.8, 4) is 0 Å². The summed E-state index contributed by atoms with van der Waals surface area (Å²) in [6.45, 7) is 5.98. The predicted molar refractivity (Wildman–Crippen MR) is 74.4 cm³/mol. The van der Waals surface area contributed by atoms with Crippen LogP contribution in [0, 0.1) is 11.3 Å². The summed E-state index contributed by atoms with van der Waals surface area (Å²) in [5.74, 6) is 0.452. The molecule has 1 atom stereocenters. The molecule has 0 aliphatic heterocycles. The van der Waals surface area contributed by atoms with Gasteiger partial charge >= 0.3 is 0 Å². The maximum absolute atomic E-state index is 11.9. The highest BCUT2D eigenvalue weighted by Gasteiger charge is 2.22. The molecule has 0 aliphatic carbocycles. The first kappa shape index (κ1) is 14.9. The molecule has 1 aromatic carbocycles. The number of carbonyl (C=O) groups excluding carboxylic acids is 1. The topological polar surface area (TPSA) is 37.3 Å². The third-order valence-electron chi connectivity index (χ3n) is 3.24. The summed E-state index contributed by atoms with van der Waals surface area (Å²) in [7, 11) is 0. The van der Waals surface area contributed by atoms with Crippen molar-refractivity contribution < 1.29 is 9.90 Å². The first-order valence-electron chi connectivity index (χ1n) is 6.61. The maximum Gasteiger partial charge on any atom is 0.138 e. The van der Waals surface area contributed by atoms with E-state index in [1.165, 1.54) is 5.56 Å². The molecule has 0 radical (unpaired) electrons. The van der Waals surface area contributed by atoms with Crippen molar-refractivity contribution in [2.75, 3.05) is 6.61 Å². The van der Waals surface area contributed by atoms with Gasteiger partial charge in [-0.15, -0.1) is 0 Å². The monoisotopic (exact) mass is 248 g/mol. The Morgan fingerprint density at radius 3 is 2.33 bits per heavy atom. The van der Waals surface area contributed by atoms with E-state index in [0.717, 1.165) is 12.8 Å². The van der Waals surface area contributed by atoms with Gasteiger partial charge in [0.05, 0.1) is 0 Å². The van der Waals surface area contributed by atoms with Crippen LogP contribution < -0.4 is 0 Å². The standard InChI is InChI=1S/C16H24O2/c1-16(2,3)15(18)10-9-14(12-17)11-13-7-5-4-6-8-13/h4-8,14,17H,9-12H2,1-3H3. The van der Waals surface area contributed by atoms with Gasteiger partial charge in [-0.2, -0.15) is 0 Å². The lowest BCUT2D eigenvalue weighted by Gasteiger charge is -2.19. The van der Waals surface area contributed by atoms with Gasteiger partial charge in [0.15, 0.2) is 0 Å². The summed E-state index contributed by atoms with van der Waals surface area (Å²) in [5, 5.41) is 9.39. The summed E-state index contributed by atoms with van der Waals surface area (Å²) in [6, 6.07) is 10.1. The van der Waals surface area contributed by atoms with Gasteiger partial charge in [0, 0.05) is 18.4 Å². The molecule has 1 unspecified atom stereocenters. The first-order chi connectivity index (χ1) is 8.43. The van der Waals surface area contributed by atoms with Crippen LogP contribution in [0.3, 0.4) is 0 Å². The molecule has 0 spiro atoms. The van der Waals surface area contributed by atoms with Gasteiger partial charge in [0.1, 0.15) is 5.78 Å². The minimum Gasteiger partial charge on any atom is -0.396 e. The highest BCUT2D eigenvalue weighted by molar-refractivity contribution is 5.83. The van der Waals surface area contributed by atoms with E-state index in [-0.39, 0.29) is 23.7 Å². The molecule has 0 heterocycles. The molecule has 0 amide bonds. The van der Waals surface area contributed by atoms with Crippen molar-refractivity contribution in [3.05, 3.63) is 35.9 Å². The maximum atomic E-state index is 11.9. The molecule has 0 aromatic heterocycles. The number of aliphatic hydroxyl groups excluding tert-OH is 1. The second kappa shape index (κ2) is 6.69. The van der Waals surface area contributed by atoms with Crippen LogP contribution in [-0.4, -0.2) is 17.5 Å². The van der Waals surface area contributed by atoms with Crippen LogP contribution in [0.4, 0.5) is 0 Å². The van der Waals surface area contributed by atoms with Crippen LogP contribution in [-0.2, 0) is 11.2 Å². The molecule has 0 bridgehead atoms. The molecule has 1 aromatic rings. The smallest absolute Gasteiger partial charge is 0.138 e. The number of benzene rings is 1. The summed E-state index contributed by atoms with van der Waals surface area (Å²) in [6.07, 6.45) is 2.16. The zero-order valence-corrected chi connectivity index (χ0v) is 11.6. The molecule has 0 fully saturated rings. The molecule has 1 N–H and O–H groups in total. The highest BCUT2D eigenvalue weighted by atomic mass is 16.3. The molecule has 0 aliphatic rings. The minimum atomic E-state index is -0.271. The number of carbonyl (C=O) groups is 1. The molecule has 100 valence electrons. The lowest BCUT2D eigenvalue weighted by Crippen LogP contribution is -2.21. The van der Waals surface area contributed by atoms with E-state index in [4.69, 9.17) is 0 Å². The van der Waals surface area contributed by atoms with Crippen molar-refractivity contribution in [1.29, 1.82) is 0 Å². The van der Waals surface area contributed by atoms with Crippen molar-refractivity contribution in [2.45, 2.75) is 40.0 Å². The van der Waals surface area contributed by atoms with Crippen molar-refractivity contribution >= 4 is 5.78 Å². The van der Waals surface area contributed by atoms with Crippen LogP contribution >= 0.6 is 0 Å². The van der Waals surface area contributed by atoms with E-state index in [1.54, 1.807) is 0 Å². The normalized spacial score (nSPS) is 13.3. The van der Waals surface area contributed by atoms with Crippen molar-refractivity contribution in [3.63, 3.8) is 0 Å². The van der Waals surface area contributed by atoms with E-state index in [0.29, 0.717) is 6.42 Å². The largest absolute Gasteiger partial charge is 0.396 e. The Labute approximate surface area is 110 Å². The lowest BCUT2D eigenvalue weighted by atomic mass is 9.85. The second-order valence-electron chi connectivity index (χ2n) is 5.95. The fraction of sp³-hybridized carbons (Fsp3) is 0.562. The molecule has 0 saturated carbocycles. The van der Waals surface area contributed by atoms with Gasteiger partial charge in [0.25, 0.3) is 0 Å². The predicted octanol–water partition coefficient (Wildman–Crippen LogP) is 3.23.